The average molecular weight is 571 g/mol. The SMILES string of the molecule is Cc1ccc(/C=C(\NC(=O)c2ccccc2)C(=O)Nc2ccc(SC(C)C(=O)Nc3ccc(Cl)cn3)cc2)cc1. The molecule has 1 atom stereocenters. The lowest BCUT2D eigenvalue weighted by Gasteiger charge is -2.13. The monoisotopic (exact) mass is 570 g/mol. The summed E-state index contributed by atoms with van der Waals surface area (Å²) in [6.07, 6.45) is 3.10. The van der Waals surface area contributed by atoms with E-state index in [1.54, 1.807) is 61.5 Å². The second-order valence-electron chi connectivity index (χ2n) is 8.88. The van der Waals surface area contributed by atoms with Gasteiger partial charge in [-0.3, -0.25) is 14.4 Å². The van der Waals surface area contributed by atoms with Crippen LogP contribution in [-0.2, 0) is 9.59 Å². The molecule has 0 radical (unpaired) electrons. The van der Waals surface area contributed by atoms with Crippen molar-refractivity contribution in [2.75, 3.05) is 10.6 Å². The number of benzene rings is 3. The van der Waals surface area contributed by atoms with Crippen molar-refractivity contribution in [1.82, 2.24) is 10.3 Å². The molecular weight excluding hydrogens is 544 g/mol. The van der Waals surface area contributed by atoms with Gasteiger partial charge in [-0.2, -0.15) is 0 Å². The number of pyridine rings is 1. The third-order valence-corrected chi connectivity index (χ3v) is 7.03. The molecule has 3 aromatic carbocycles. The van der Waals surface area contributed by atoms with Gasteiger partial charge < -0.3 is 16.0 Å². The number of carbonyl (C=O) groups excluding carboxylic acids is 3. The number of aryl methyl sites for hydroxylation is 1. The Morgan fingerprint density at radius 3 is 2.23 bits per heavy atom. The predicted molar refractivity (Wildman–Crippen MR) is 161 cm³/mol. The maximum atomic E-state index is 13.2. The molecule has 3 N–H and O–H groups in total. The molecule has 4 aromatic rings. The number of rotatable bonds is 9. The van der Waals surface area contributed by atoms with E-state index >= 15 is 0 Å². The topological polar surface area (TPSA) is 100 Å². The van der Waals surface area contributed by atoms with Crippen molar-refractivity contribution >= 4 is 58.7 Å². The van der Waals surface area contributed by atoms with Gasteiger partial charge in [-0.15, -0.1) is 11.8 Å². The minimum absolute atomic E-state index is 0.109. The van der Waals surface area contributed by atoms with Gasteiger partial charge in [0.2, 0.25) is 5.91 Å². The van der Waals surface area contributed by atoms with Crippen LogP contribution in [0.4, 0.5) is 11.5 Å². The van der Waals surface area contributed by atoms with Gasteiger partial charge in [0.15, 0.2) is 0 Å². The largest absolute Gasteiger partial charge is 0.321 e. The number of hydrogen-bond donors (Lipinski definition) is 3. The lowest BCUT2D eigenvalue weighted by Crippen LogP contribution is -2.30. The Kier molecular flexibility index (Phi) is 9.72. The Labute approximate surface area is 242 Å². The van der Waals surface area contributed by atoms with Gasteiger partial charge in [-0.25, -0.2) is 4.98 Å². The molecule has 40 heavy (non-hydrogen) atoms. The standard InChI is InChI=1S/C31H27ClN4O3S/c1-20-8-10-22(11-9-20)18-27(35-30(38)23-6-4-3-5-7-23)31(39)34-25-13-15-26(16-14-25)40-21(2)29(37)36-28-17-12-24(32)19-33-28/h3-19,21H,1-2H3,(H,34,39)(H,35,38)(H,33,36,37)/b27-18-. The van der Waals surface area contributed by atoms with Crippen LogP contribution in [0.5, 0.6) is 0 Å². The second-order valence-corrected chi connectivity index (χ2v) is 10.7. The lowest BCUT2D eigenvalue weighted by atomic mass is 10.1. The van der Waals surface area contributed by atoms with Gasteiger partial charge in [-0.05, 0) is 74.0 Å². The van der Waals surface area contributed by atoms with Gasteiger partial charge in [-0.1, -0.05) is 59.6 Å². The van der Waals surface area contributed by atoms with Crippen LogP contribution in [0.1, 0.15) is 28.4 Å². The molecular formula is C31H27ClN4O3S. The highest BCUT2D eigenvalue weighted by molar-refractivity contribution is 8.00. The first kappa shape index (κ1) is 28.6. The summed E-state index contributed by atoms with van der Waals surface area (Å²) >= 11 is 7.21. The summed E-state index contributed by atoms with van der Waals surface area (Å²) in [7, 11) is 0. The first-order chi connectivity index (χ1) is 19.3. The molecule has 0 aliphatic carbocycles. The van der Waals surface area contributed by atoms with Crippen molar-refractivity contribution in [3.63, 3.8) is 0 Å². The zero-order valence-corrected chi connectivity index (χ0v) is 23.4. The molecule has 0 bridgehead atoms. The summed E-state index contributed by atoms with van der Waals surface area (Å²) in [6.45, 7) is 3.77. The van der Waals surface area contributed by atoms with Crippen LogP contribution < -0.4 is 16.0 Å². The molecule has 1 aromatic heterocycles. The minimum Gasteiger partial charge on any atom is -0.321 e. The number of amides is 3. The van der Waals surface area contributed by atoms with E-state index in [0.717, 1.165) is 16.0 Å². The van der Waals surface area contributed by atoms with Crippen molar-refractivity contribution in [3.05, 3.63) is 125 Å². The molecule has 0 aliphatic rings. The quantitative estimate of drug-likeness (QED) is 0.156. The van der Waals surface area contributed by atoms with Crippen molar-refractivity contribution in [1.29, 1.82) is 0 Å². The smallest absolute Gasteiger partial charge is 0.272 e. The Morgan fingerprint density at radius 2 is 1.57 bits per heavy atom. The molecule has 0 saturated heterocycles. The van der Waals surface area contributed by atoms with Crippen LogP contribution in [0.2, 0.25) is 5.02 Å². The fraction of sp³-hybridized carbons (Fsp3) is 0.0968. The van der Waals surface area contributed by atoms with E-state index in [-0.39, 0.29) is 17.5 Å². The molecule has 7 nitrogen and oxygen atoms in total. The Bertz CT molecular complexity index is 1510. The van der Waals surface area contributed by atoms with E-state index in [9.17, 15) is 14.4 Å². The van der Waals surface area contributed by atoms with Crippen molar-refractivity contribution in [3.8, 4) is 0 Å². The highest BCUT2D eigenvalue weighted by Crippen LogP contribution is 2.26. The van der Waals surface area contributed by atoms with Gasteiger partial charge in [0.05, 0.1) is 10.3 Å². The van der Waals surface area contributed by atoms with Crippen LogP contribution in [0.25, 0.3) is 6.08 Å². The molecule has 4 rings (SSSR count). The van der Waals surface area contributed by atoms with Crippen molar-refractivity contribution in [2.45, 2.75) is 24.0 Å². The van der Waals surface area contributed by atoms with Gasteiger partial charge in [0, 0.05) is 22.3 Å². The van der Waals surface area contributed by atoms with E-state index in [1.165, 1.54) is 18.0 Å². The number of aromatic nitrogens is 1. The summed E-state index contributed by atoms with van der Waals surface area (Å²) in [5, 5.41) is 8.44. The Balaban J connectivity index is 1.42. The summed E-state index contributed by atoms with van der Waals surface area (Å²) in [4.78, 5) is 43.5. The average Bonchev–Trinajstić information content (AvgIpc) is 2.96. The number of hydrogen-bond acceptors (Lipinski definition) is 5. The number of anilines is 2. The predicted octanol–water partition coefficient (Wildman–Crippen LogP) is 6.57. The summed E-state index contributed by atoms with van der Waals surface area (Å²) in [5.74, 6) is -0.624. The first-order valence-corrected chi connectivity index (χ1v) is 13.7. The summed E-state index contributed by atoms with van der Waals surface area (Å²) in [6, 6.07) is 26.7. The fourth-order valence-electron chi connectivity index (χ4n) is 3.52. The van der Waals surface area contributed by atoms with Crippen molar-refractivity contribution < 1.29 is 14.4 Å². The van der Waals surface area contributed by atoms with E-state index in [0.29, 0.717) is 22.1 Å². The fourth-order valence-corrected chi connectivity index (χ4v) is 4.50. The van der Waals surface area contributed by atoms with E-state index in [1.807, 2.05) is 49.4 Å². The summed E-state index contributed by atoms with van der Waals surface area (Å²) < 4.78 is 0. The number of nitrogens with zero attached hydrogens (tertiary/aromatic N) is 1. The molecule has 1 heterocycles. The zero-order chi connectivity index (χ0) is 28.5. The van der Waals surface area contributed by atoms with E-state index in [2.05, 4.69) is 20.9 Å². The lowest BCUT2D eigenvalue weighted by molar-refractivity contribution is -0.115. The normalized spacial score (nSPS) is 11.8. The number of halogens is 1. The summed E-state index contributed by atoms with van der Waals surface area (Å²) in [5.41, 5.74) is 2.95. The van der Waals surface area contributed by atoms with Gasteiger partial charge in [0.25, 0.3) is 11.8 Å². The van der Waals surface area contributed by atoms with Crippen LogP contribution in [-0.4, -0.2) is 28.0 Å². The van der Waals surface area contributed by atoms with Crippen LogP contribution in [0, 0.1) is 6.92 Å². The molecule has 9 heteroatoms. The molecule has 0 aliphatic heterocycles. The molecule has 202 valence electrons. The molecule has 1 unspecified atom stereocenters. The zero-order valence-electron chi connectivity index (χ0n) is 21.9. The number of thioether (sulfide) groups is 1. The second kappa shape index (κ2) is 13.6. The van der Waals surface area contributed by atoms with Crippen molar-refractivity contribution in [2.24, 2.45) is 0 Å². The molecule has 0 saturated carbocycles. The van der Waals surface area contributed by atoms with Gasteiger partial charge in [0.1, 0.15) is 11.5 Å². The third-order valence-electron chi connectivity index (χ3n) is 5.69. The Morgan fingerprint density at radius 1 is 0.875 bits per heavy atom. The highest BCUT2D eigenvalue weighted by atomic mass is 35.5. The minimum atomic E-state index is -0.464. The maximum Gasteiger partial charge on any atom is 0.272 e. The van der Waals surface area contributed by atoms with Crippen LogP contribution in [0.15, 0.2) is 108 Å². The number of nitrogens with one attached hydrogen (secondary N) is 3. The highest BCUT2D eigenvalue weighted by Gasteiger charge is 2.17. The number of carbonyl (C=O) groups is 3. The Hall–Kier alpha value is -4.40. The van der Waals surface area contributed by atoms with E-state index < -0.39 is 11.2 Å². The third kappa shape index (κ3) is 8.30. The molecule has 0 spiro atoms. The van der Waals surface area contributed by atoms with Gasteiger partial charge >= 0.3 is 0 Å². The van der Waals surface area contributed by atoms with Crippen LogP contribution in [0.3, 0.4) is 0 Å². The van der Waals surface area contributed by atoms with Crippen LogP contribution >= 0.6 is 23.4 Å². The first-order valence-electron chi connectivity index (χ1n) is 12.4. The molecule has 0 fully saturated rings. The van der Waals surface area contributed by atoms with E-state index in [4.69, 9.17) is 11.6 Å². The maximum absolute atomic E-state index is 13.2. The molecule has 3 amide bonds.